The van der Waals surface area contributed by atoms with Crippen molar-refractivity contribution in [1.29, 1.82) is 0 Å². The normalized spacial score (nSPS) is 11.6. The van der Waals surface area contributed by atoms with Crippen molar-refractivity contribution in [2.75, 3.05) is 0 Å². The molecule has 0 bridgehead atoms. The summed E-state index contributed by atoms with van der Waals surface area (Å²) in [5.74, 6) is 0.549. The summed E-state index contributed by atoms with van der Waals surface area (Å²) in [6, 6.07) is 6.40. The van der Waals surface area contributed by atoms with E-state index in [0.717, 1.165) is 0 Å². The minimum atomic E-state index is -3.79. The van der Waals surface area contributed by atoms with Crippen LogP contribution in [0.1, 0.15) is 5.76 Å². The van der Waals surface area contributed by atoms with Gasteiger partial charge in [-0.15, -0.1) is 0 Å². The summed E-state index contributed by atoms with van der Waals surface area (Å²) in [6.45, 7) is 1.71. The Morgan fingerprint density at radius 3 is 2.56 bits per heavy atom. The first kappa shape index (κ1) is 11.2. The molecule has 0 aliphatic rings. The van der Waals surface area contributed by atoms with Gasteiger partial charge < -0.3 is 4.42 Å². The summed E-state index contributed by atoms with van der Waals surface area (Å²) in [6.07, 6.45) is 1.27. The molecule has 0 saturated carbocycles. The summed E-state index contributed by atoms with van der Waals surface area (Å²) in [5.41, 5.74) is 0.934. The molecule has 1 aromatic heterocycles. The standard InChI is InChI=1S/C10H8ClNO3S/c1-7-10(12-6-15-7)8-4-2-3-5-9(8)16(11,13)14/h2-6H,1H3. The average Bonchev–Trinajstić information content (AvgIpc) is 2.63. The van der Waals surface area contributed by atoms with E-state index in [1.54, 1.807) is 25.1 Å². The van der Waals surface area contributed by atoms with Crippen molar-refractivity contribution in [1.82, 2.24) is 4.98 Å². The number of halogens is 1. The van der Waals surface area contributed by atoms with Gasteiger partial charge in [-0.1, -0.05) is 18.2 Å². The first-order chi connectivity index (χ1) is 7.50. The lowest BCUT2D eigenvalue weighted by atomic mass is 10.1. The van der Waals surface area contributed by atoms with E-state index < -0.39 is 9.05 Å². The molecule has 1 heterocycles. The first-order valence-corrected chi connectivity index (χ1v) is 6.75. The van der Waals surface area contributed by atoms with Crippen molar-refractivity contribution >= 4 is 19.7 Å². The molecule has 0 aliphatic heterocycles. The fourth-order valence-electron chi connectivity index (χ4n) is 1.44. The number of nitrogens with zero attached hydrogens (tertiary/aromatic N) is 1. The van der Waals surface area contributed by atoms with Gasteiger partial charge in [0.1, 0.15) is 11.5 Å². The van der Waals surface area contributed by atoms with Crippen LogP contribution in [-0.4, -0.2) is 13.4 Å². The van der Waals surface area contributed by atoms with Gasteiger partial charge in [-0.05, 0) is 13.0 Å². The second-order valence-corrected chi connectivity index (χ2v) is 5.73. The molecule has 0 spiro atoms. The molecule has 2 rings (SSSR count). The third-order valence-electron chi connectivity index (χ3n) is 2.15. The van der Waals surface area contributed by atoms with Crippen LogP contribution in [0.5, 0.6) is 0 Å². The number of rotatable bonds is 2. The maximum atomic E-state index is 11.4. The Hall–Kier alpha value is -1.33. The van der Waals surface area contributed by atoms with Crippen molar-refractivity contribution in [2.24, 2.45) is 0 Å². The number of oxazole rings is 1. The van der Waals surface area contributed by atoms with Crippen molar-refractivity contribution in [3.8, 4) is 11.3 Å². The van der Waals surface area contributed by atoms with Gasteiger partial charge in [0.25, 0.3) is 9.05 Å². The number of aryl methyl sites for hydroxylation is 1. The van der Waals surface area contributed by atoms with Crippen LogP contribution in [0, 0.1) is 6.92 Å². The largest absolute Gasteiger partial charge is 0.448 e. The molecule has 0 fully saturated rings. The van der Waals surface area contributed by atoms with Crippen LogP contribution in [0.2, 0.25) is 0 Å². The minimum absolute atomic E-state index is 0.0358. The van der Waals surface area contributed by atoms with Gasteiger partial charge in [0.05, 0.1) is 4.90 Å². The van der Waals surface area contributed by atoms with Crippen LogP contribution in [0.25, 0.3) is 11.3 Å². The quantitative estimate of drug-likeness (QED) is 0.776. The second-order valence-electron chi connectivity index (χ2n) is 3.19. The van der Waals surface area contributed by atoms with E-state index in [2.05, 4.69) is 4.98 Å². The Balaban J connectivity index is 2.72. The maximum absolute atomic E-state index is 11.4. The Morgan fingerprint density at radius 2 is 2.00 bits per heavy atom. The summed E-state index contributed by atoms with van der Waals surface area (Å²) >= 11 is 0. The molecule has 2 aromatic rings. The van der Waals surface area contributed by atoms with Gasteiger partial charge >= 0.3 is 0 Å². The number of hydrogen-bond acceptors (Lipinski definition) is 4. The Morgan fingerprint density at radius 1 is 1.31 bits per heavy atom. The smallest absolute Gasteiger partial charge is 0.261 e. The van der Waals surface area contributed by atoms with E-state index in [9.17, 15) is 8.42 Å². The second kappa shape index (κ2) is 3.92. The lowest BCUT2D eigenvalue weighted by molar-refractivity contribution is 0.527. The monoisotopic (exact) mass is 257 g/mol. The highest BCUT2D eigenvalue weighted by molar-refractivity contribution is 8.13. The van der Waals surface area contributed by atoms with Crippen LogP contribution in [-0.2, 0) is 9.05 Å². The van der Waals surface area contributed by atoms with Crippen LogP contribution >= 0.6 is 10.7 Å². The molecule has 84 valence electrons. The molecule has 0 saturated heterocycles. The molecule has 0 aliphatic carbocycles. The third-order valence-corrected chi connectivity index (χ3v) is 3.53. The lowest BCUT2D eigenvalue weighted by Crippen LogP contribution is -1.95. The van der Waals surface area contributed by atoms with Crippen molar-refractivity contribution in [3.63, 3.8) is 0 Å². The zero-order valence-corrected chi connectivity index (χ0v) is 9.92. The summed E-state index contributed by atoms with van der Waals surface area (Å²) in [7, 11) is 1.56. The number of aromatic nitrogens is 1. The Bertz CT molecular complexity index is 618. The molecule has 0 amide bonds. The summed E-state index contributed by atoms with van der Waals surface area (Å²) in [5, 5.41) is 0. The van der Waals surface area contributed by atoms with Gasteiger partial charge in [0.2, 0.25) is 0 Å². The van der Waals surface area contributed by atoms with Gasteiger partial charge in [-0.3, -0.25) is 0 Å². The third kappa shape index (κ3) is 1.96. The summed E-state index contributed by atoms with van der Waals surface area (Å²) < 4.78 is 27.8. The van der Waals surface area contributed by atoms with E-state index in [4.69, 9.17) is 15.1 Å². The molecule has 0 unspecified atom stereocenters. The maximum Gasteiger partial charge on any atom is 0.261 e. The molecule has 4 nitrogen and oxygen atoms in total. The van der Waals surface area contributed by atoms with Gasteiger partial charge in [0, 0.05) is 16.2 Å². The van der Waals surface area contributed by atoms with Crippen molar-refractivity contribution < 1.29 is 12.8 Å². The molecule has 6 heteroatoms. The highest BCUT2D eigenvalue weighted by Crippen LogP contribution is 2.30. The molecule has 0 atom stereocenters. The predicted molar refractivity (Wildman–Crippen MR) is 59.7 cm³/mol. The van der Waals surface area contributed by atoms with E-state index in [1.807, 2.05) is 0 Å². The molecular weight excluding hydrogens is 250 g/mol. The predicted octanol–water partition coefficient (Wildman–Crippen LogP) is 2.58. The van der Waals surface area contributed by atoms with Crippen LogP contribution in [0.15, 0.2) is 40.0 Å². The van der Waals surface area contributed by atoms with Crippen LogP contribution in [0.4, 0.5) is 0 Å². The molecular formula is C10H8ClNO3S. The number of hydrogen-bond donors (Lipinski definition) is 0. The number of benzene rings is 1. The highest BCUT2D eigenvalue weighted by Gasteiger charge is 2.19. The van der Waals surface area contributed by atoms with Crippen molar-refractivity contribution in [3.05, 3.63) is 36.4 Å². The highest BCUT2D eigenvalue weighted by atomic mass is 35.7. The molecule has 16 heavy (non-hydrogen) atoms. The van der Waals surface area contributed by atoms with Gasteiger partial charge in [-0.25, -0.2) is 13.4 Å². The van der Waals surface area contributed by atoms with E-state index in [-0.39, 0.29) is 4.90 Å². The van der Waals surface area contributed by atoms with Gasteiger partial charge in [-0.2, -0.15) is 0 Å². The zero-order valence-electron chi connectivity index (χ0n) is 8.34. The zero-order chi connectivity index (χ0) is 11.8. The topological polar surface area (TPSA) is 60.2 Å². The fraction of sp³-hybridized carbons (Fsp3) is 0.100. The molecule has 0 radical (unpaired) electrons. The Kier molecular flexibility index (Phi) is 2.73. The SMILES string of the molecule is Cc1ocnc1-c1ccccc1S(=O)(=O)Cl. The van der Waals surface area contributed by atoms with Gasteiger partial charge in [0.15, 0.2) is 6.39 Å². The Labute approximate surface area is 97.3 Å². The molecule has 1 aromatic carbocycles. The van der Waals surface area contributed by atoms with E-state index in [1.165, 1.54) is 12.5 Å². The van der Waals surface area contributed by atoms with E-state index >= 15 is 0 Å². The average molecular weight is 258 g/mol. The molecule has 0 N–H and O–H groups in total. The van der Waals surface area contributed by atoms with Crippen LogP contribution in [0.3, 0.4) is 0 Å². The summed E-state index contributed by atoms with van der Waals surface area (Å²) in [4.78, 5) is 4.01. The van der Waals surface area contributed by atoms with Crippen molar-refractivity contribution in [2.45, 2.75) is 11.8 Å². The fourth-order valence-corrected chi connectivity index (χ4v) is 2.51. The minimum Gasteiger partial charge on any atom is -0.448 e. The first-order valence-electron chi connectivity index (χ1n) is 4.44. The van der Waals surface area contributed by atoms with E-state index in [0.29, 0.717) is 17.0 Å². The van der Waals surface area contributed by atoms with Crippen LogP contribution < -0.4 is 0 Å². The lowest BCUT2D eigenvalue weighted by Gasteiger charge is -2.03.